The summed E-state index contributed by atoms with van der Waals surface area (Å²) in [4.78, 5) is 8.92. The highest BCUT2D eigenvalue weighted by molar-refractivity contribution is 5.49. The lowest BCUT2D eigenvalue weighted by molar-refractivity contribution is 0.354. The van der Waals surface area contributed by atoms with Gasteiger partial charge in [-0.25, -0.2) is 9.97 Å². The second kappa shape index (κ2) is 8.89. The lowest BCUT2D eigenvalue weighted by Gasteiger charge is -2.12. The van der Waals surface area contributed by atoms with Crippen LogP contribution in [0.15, 0.2) is 54.6 Å². The smallest absolute Gasteiger partial charge is 0.161 e. The summed E-state index contributed by atoms with van der Waals surface area (Å²) in [6.07, 6.45) is 0. The fourth-order valence-corrected chi connectivity index (χ4v) is 2.72. The Morgan fingerprint density at radius 1 is 0.741 bits per heavy atom. The first-order chi connectivity index (χ1) is 13.2. The molecule has 0 saturated carbocycles. The molecule has 27 heavy (non-hydrogen) atoms. The average molecular weight is 364 g/mol. The zero-order valence-corrected chi connectivity index (χ0v) is 15.8. The van der Waals surface area contributed by atoms with E-state index < -0.39 is 0 Å². The Kier molecular flexibility index (Phi) is 6.10. The number of hydrogen-bond donors (Lipinski definition) is 2. The molecule has 0 fully saturated rings. The van der Waals surface area contributed by atoms with E-state index in [0.29, 0.717) is 30.4 Å². The molecule has 140 valence electrons. The number of benzene rings is 2. The van der Waals surface area contributed by atoms with Crippen LogP contribution in [0.5, 0.6) is 11.5 Å². The van der Waals surface area contributed by atoms with Crippen molar-refractivity contribution in [3.63, 3.8) is 0 Å². The molecule has 3 rings (SSSR count). The molecule has 2 aromatic carbocycles. The van der Waals surface area contributed by atoms with Crippen LogP contribution in [-0.2, 0) is 13.1 Å². The first-order valence-electron chi connectivity index (χ1n) is 8.76. The Bertz CT molecular complexity index is 885. The van der Waals surface area contributed by atoms with Gasteiger partial charge in [-0.2, -0.15) is 0 Å². The number of rotatable bonds is 8. The Balaban J connectivity index is 1.65. The number of hydrogen-bond acceptors (Lipinski definition) is 6. The molecule has 1 aromatic heterocycles. The fourth-order valence-electron chi connectivity index (χ4n) is 2.72. The van der Waals surface area contributed by atoms with Crippen LogP contribution in [-0.4, -0.2) is 24.2 Å². The summed E-state index contributed by atoms with van der Waals surface area (Å²) in [6, 6.07) is 18.0. The Hall–Kier alpha value is -3.28. The van der Waals surface area contributed by atoms with Crippen LogP contribution >= 0.6 is 0 Å². The molecule has 0 aliphatic heterocycles. The molecule has 0 aliphatic rings. The van der Waals surface area contributed by atoms with Crippen LogP contribution < -0.4 is 20.1 Å². The number of anilines is 2. The Labute approximate surface area is 159 Å². The molecule has 2 N–H and O–H groups in total. The molecule has 6 nitrogen and oxygen atoms in total. The van der Waals surface area contributed by atoms with Crippen LogP contribution in [0.2, 0.25) is 0 Å². The summed E-state index contributed by atoms with van der Waals surface area (Å²) >= 11 is 0. The van der Waals surface area contributed by atoms with Crippen LogP contribution in [0.3, 0.4) is 0 Å². The molecule has 3 aromatic rings. The summed E-state index contributed by atoms with van der Waals surface area (Å²) in [5.41, 5.74) is 2.27. The molecular weight excluding hydrogens is 340 g/mol. The Morgan fingerprint density at radius 2 is 1.37 bits per heavy atom. The van der Waals surface area contributed by atoms with Gasteiger partial charge in [0.15, 0.2) is 11.5 Å². The van der Waals surface area contributed by atoms with Crippen molar-refractivity contribution in [2.45, 2.75) is 20.0 Å². The molecule has 0 spiro atoms. The number of nitrogens with one attached hydrogen (secondary N) is 2. The van der Waals surface area contributed by atoms with Gasteiger partial charge in [-0.1, -0.05) is 36.4 Å². The highest BCUT2D eigenvalue weighted by Crippen LogP contribution is 2.27. The third kappa shape index (κ3) is 5.10. The highest BCUT2D eigenvalue weighted by atomic mass is 16.5. The van der Waals surface area contributed by atoms with Crippen molar-refractivity contribution in [3.05, 3.63) is 71.5 Å². The topological polar surface area (TPSA) is 68.3 Å². The molecule has 6 heteroatoms. The minimum absolute atomic E-state index is 0.620. The van der Waals surface area contributed by atoms with Gasteiger partial charge in [0.2, 0.25) is 0 Å². The van der Waals surface area contributed by atoms with Gasteiger partial charge >= 0.3 is 0 Å². The minimum Gasteiger partial charge on any atom is -0.493 e. The van der Waals surface area contributed by atoms with Crippen molar-refractivity contribution < 1.29 is 9.47 Å². The predicted molar refractivity (Wildman–Crippen MR) is 107 cm³/mol. The number of methoxy groups -OCH3 is 2. The second-order valence-electron chi connectivity index (χ2n) is 6.07. The molecule has 0 bridgehead atoms. The van der Waals surface area contributed by atoms with E-state index in [0.717, 1.165) is 17.2 Å². The molecule has 1 heterocycles. The molecule has 0 aliphatic carbocycles. The molecule has 0 radical (unpaired) electrons. The van der Waals surface area contributed by atoms with Crippen LogP contribution in [0.1, 0.15) is 17.0 Å². The van der Waals surface area contributed by atoms with Crippen LogP contribution in [0, 0.1) is 6.92 Å². The largest absolute Gasteiger partial charge is 0.493 e. The maximum Gasteiger partial charge on any atom is 0.161 e. The lowest BCUT2D eigenvalue weighted by Crippen LogP contribution is -2.07. The van der Waals surface area contributed by atoms with E-state index in [-0.39, 0.29) is 0 Å². The third-order valence-corrected chi connectivity index (χ3v) is 4.08. The molecule has 0 unspecified atom stereocenters. The van der Waals surface area contributed by atoms with Crippen molar-refractivity contribution in [2.75, 3.05) is 24.9 Å². The van der Waals surface area contributed by atoms with Gasteiger partial charge in [0.1, 0.15) is 17.5 Å². The fraction of sp³-hybridized carbons (Fsp3) is 0.238. The number of ether oxygens (including phenoxy) is 2. The van der Waals surface area contributed by atoms with Gasteiger partial charge in [0.05, 0.1) is 14.2 Å². The lowest BCUT2D eigenvalue weighted by atomic mass is 10.2. The zero-order chi connectivity index (χ0) is 19.1. The molecule has 0 amide bonds. The van der Waals surface area contributed by atoms with E-state index in [2.05, 4.69) is 32.7 Å². The van der Waals surface area contributed by atoms with Gasteiger partial charge in [-0.05, 0) is 30.2 Å². The van der Waals surface area contributed by atoms with E-state index in [1.165, 1.54) is 5.56 Å². The average Bonchev–Trinajstić information content (AvgIpc) is 2.71. The predicted octanol–water partition coefficient (Wildman–Crippen LogP) is 4.03. The van der Waals surface area contributed by atoms with Crippen molar-refractivity contribution in [1.82, 2.24) is 9.97 Å². The third-order valence-electron chi connectivity index (χ3n) is 4.08. The van der Waals surface area contributed by atoms with Gasteiger partial charge in [-0.15, -0.1) is 0 Å². The number of aryl methyl sites for hydroxylation is 1. The van der Waals surface area contributed by atoms with Crippen molar-refractivity contribution >= 4 is 11.6 Å². The van der Waals surface area contributed by atoms with E-state index in [1.54, 1.807) is 14.2 Å². The number of aromatic nitrogens is 2. The maximum atomic E-state index is 5.35. The van der Waals surface area contributed by atoms with E-state index in [4.69, 9.17) is 9.47 Å². The summed E-state index contributed by atoms with van der Waals surface area (Å²) < 4.78 is 10.6. The monoisotopic (exact) mass is 364 g/mol. The summed E-state index contributed by atoms with van der Waals surface area (Å²) in [7, 11) is 3.26. The Morgan fingerprint density at radius 3 is 2.00 bits per heavy atom. The minimum atomic E-state index is 0.620. The SMILES string of the molecule is COc1ccc(CNc2cc(NCc3ccccc3)nc(C)n2)cc1OC. The summed E-state index contributed by atoms with van der Waals surface area (Å²) in [5.74, 6) is 3.70. The van der Waals surface area contributed by atoms with Crippen molar-refractivity contribution in [1.29, 1.82) is 0 Å². The zero-order valence-electron chi connectivity index (χ0n) is 15.8. The van der Waals surface area contributed by atoms with Gasteiger partial charge in [0.25, 0.3) is 0 Å². The quantitative estimate of drug-likeness (QED) is 0.629. The van der Waals surface area contributed by atoms with Crippen molar-refractivity contribution in [3.8, 4) is 11.5 Å². The standard InChI is InChI=1S/C21H24N4O2/c1-15-24-20(22-13-16-7-5-4-6-8-16)12-21(25-15)23-14-17-9-10-18(26-2)19(11-17)27-3/h4-12H,13-14H2,1-3H3,(H2,22,23,24,25). The molecule has 0 atom stereocenters. The van der Waals surface area contributed by atoms with Gasteiger partial charge < -0.3 is 20.1 Å². The maximum absolute atomic E-state index is 5.35. The molecule has 0 saturated heterocycles. The van der Waals surface area contributed by atoms with Crippen LogP contribution in [0.4, 0.5) is 11.6 Å². The molecular formula is C21H24N4O2. The van der Waals surface area contributed by atoms with Crippen LogP contribution in [0.25, 0.3) is 0 Å². The summed E-state index contributed by atoms with van der Waals surface area (Å²) in [5, 5.41) is 6.69. The van der Waals surface area contributed by atoms with Gasteiger partial charge in [0, 0.05) is 19.2 Å². The first kappa shape index (κ1) is 18.5. The number of nitrogens with zero attached hydrogens (tertiary/aromatic N) is 2. The van der Waals surface area contributed by atoms with E-state index in [9.17, 15) is 0 Å². The first-order valence-corrected chi connectivity index (χ1v) is 8.76. The second-order valence-corrected chi connectivity index (χ2v) is 6.07. The summed E-state index contributed by atoms with van der Waals surface area (Å²) in [6.45, 7) is 3.22. The van der Waals surface area contributed by atoms with Crippen molar-refractivity contribution in [2.24, 2.45) is 0 Å². The van der Waals surface area contributed by atoms with E-state index in [1.807, 2.05) is 49.4 Å². The normalized spacial score (nSPS) is 10.3. The highest BCUT2D eigenvalue weighted by Gasteiger charge is 2.06. The van der Waals surface area contributed by atoms with E-state index >= 15 is 0 Å². The van der Waals surface area contributed by atoms with Gasteiger partial charge in [-0.3, -0.25) is 0 Å².